The molecule has 0 fully saturated rings. The summed E-state index contributed by atoms with van der Waals surface area (Å²) in [6, 6.07) is 42.5. The summed E-state index contributed by atoms with van der Waals surface area (Å²) in [6.07, 6.45) is 5.75. The number of aliphatic imine (C=N–C) groups is 1. The summed E-state index contributed by atoms with van der Waals surface area (Å²) in [5.41, 5.74) is 21.5. The number of carbonyl (C=O) groups is 4. The van der Waals surface area contributed by atoms with Crippen LogP contribution < -0.4 is 32.7 Å². The molecule has 119 heavy (non-hydrogen) atoms. The van der Waals surface area contributed by atoms with Gasteiger partial charge < -0.3 is 82.0 Å². The van der Waals surface area contributed by atoms with Crippen molar-refractivity contribution in [1.29, 1.82) is 0 Å². The number of fused-ring (bicyclic) bond motifs is 3. The molecule has 0 saturated carbocycles. The van der Waals surface area contributed by atoms with E-state index in [2.05, 4.69) is 88.4 Å². The number of likely N-dealkylation sites (N-methyl/N-ethyl adjacent to an activating group) is 4. The van der Waals surface area contributed by atoms with Gasteiger partial charge in [-0.25, -0.2) is 43.9 Å². The number of amides is 6. The minimum Gasteiger partial charge on any atom is -0.448 e. The molecule has 12 rings (SSSR count). The number of halogens is 1. The average molecular weight is 1740 g/mol. The van der Waals surface area contributed by atoms with Gasteiger partial charge >= 0.3 is 24.2 Å². The maximum Gasteiger partial charge on any atom is 0.436 e. The molecule has 3 aliphatic heterocycles. The van der Waals surface area contributed by atoms with E-state index in [1.807, 2.05) is 247 Å². The third kappa shape index (κ3) is 28.7. The predicted molar refractivity (Wildman–Crippen MR) is 490 cm³/mol. The van der Waals surface area contributed by atoms with E-state index in [4.69, 9.17) is 38.0 Å². The molecule has 37 heteroatoms. The number of hydrogen-bond acceptors (Lipinski definition) is 23. The summed E-state index contributed by atoms with van der Waals surface area (Å²) in [7, 11) is 17.9. The average Bonchev–Trinajstić information content (AvgIpc) is 1.58. The maximum atomic E-state index is 13.5. The lowest BCUT2D eigenvalue weighted by molar-refractivity contribution is 0.134. The molecule has 4 aromatic carbocycles. The molecule has 4 atom stereocenters. The van der Waals surface area contributed by atoms with Gasteiger partial charge in [-0.15, -0.1) is 4.68 Å². The lowest BCUT2D eigenvalue weighted by Gasteiger charge is -2.34. The summed E-state index contributed by atoms with van der Waals surface area (Å²) in [5.74, 6) is 2.04. The highest BCUT2D eigenvalue weighted by atomic mass is 35.5. The van der Waals surface area contributed by atoms with E-state index in [1.165, 1.54) is 6.33 Å². The van der Waals surface area contributed by atoms with E-state index in [-0.39, 0.29) is 115 Å². The number of aromatic nitrogens is 10. The lowest BCUT2D eigenvalue weighted by atomic mass is 10.0. The van der Waals surface area contributed by atoms with Crippen LogP contribution in [0.25, 0.3) is 0 Å². The number of nitrogens with one attached hydrogen (secondary N) is 6. The van der Waals surface area contributed by atoms with Gasteiger partial charge in [0.05, 0.1) is 78.1 Å². The first-order valence-corrected chi connectivity index (χ1v) is 38.2. The molecule has 8 heterocycles. The molecule has 0 bridgehead atoms. The van der Waals surface area contributed by atoms with Crippen LogP contribution in [0.2, 0.25) is 5.15 Å². The molecule has 652 valence electrons. The molecule has 0 unspecified atom stereocenters. The zero-order valence-corrected chi connectivity index (χ0v) is 76.5. The van der Waals surface area contributed by atoms with Crippen molar-refractivity contribution in [3.63, 3.8) is 0 Å². The number of ether oxygens (including phenoxy) is 1. The Hall–Kier alpha value is -9.82. The summed E-state index contributed by atoms with van der Waals surface area (Å²) >= 11 is 5.57. The smallest absolute Gasteiger partial charge is 0.436 e. The van der Waals surface area contributed by atoms with E-state index in [1.54, 1.807) is 35.2 Å². The second-order valence-electron chi connectivity index (χ2n) is 29.6. The number of aliphatic hydroxyl groups is 2. The lowest BCUT2D eigenvalue weighted by Crippen LogP contribution is -2.48. The molecule has 0 saturated heterocycles. The molecule has 12 N–H and O–H groups in total. The van der Waals surface area contributed by atoms with Gasteiger partial charge in [-0.05, 0) is 146 Å². The van der Waals surface area contributed by atoms with Crippen LogP contribution in [0.4, 0.5) is 42.4 Å². The number of H-pyrrole nitrogens is 2. The second kappa shape index (κ2) is 50.3. The Labute approximate surface area is 733 Å². The van der Waals surface area contributed by atoms with Crippen LogP contribution in [0, 0.1) is 0 Å². The number of urea groups is 3. The van der Waals surface area contributed by atoms with Crippen LogP contribution >= 0.6 is 65.6 Å². The van der Waals surface area contributed by atoms with Crippen molar-refractivity contribution in [3.05, 3.63) is 219 Å². The number of isocyanates is 1. The molecule has 0 radical (unpaired) electrons. The van der Waals surface area contributed by atoms with Crippen LogP contribution in [0.3, 0.4) is 0 Å². The number of aryl methyl sites for hydroxylation is 2. The number of benzene rings is 4. The summed E-state index contributed by atoms with van der Waals surface area (Å²) in [5, 5.41) is 46.4. The quantitative estimate of drug-likeness (QED) is 0.0181. The monoisotopic (exact) mass is 1740 g/mol. The van der Waals surface area contributed by atoms with Gasteiger partial charge in [-0.3, -0.25) is 10.2 Å². The standard InChI is InChI=1S/C24H32N8O.C21H30N6O3.C18H26N6O.C11H14N2O.C6H7ClN2.2CH4O.4H2S/c1-6-17-12-20(26-15-25-17)28-22-18-13-32(24(2,3)21(18)29-30-22)23(33)27-19(14-31(4)5)16-10-8-7-9-11-16;1-6-30-20(29)27-18(22)15-12-26(21(2,3)17(15)24-27)19(28)23-16(13-25(4)5)14-10-8-7-9-11-14;1-18(2)15-13(16(19)22-21-15)10-24(18)17(25)20-14(11-23(3)4)12-8-6-5-7-9-12;1-13(2)8-11(12-9-14)10-6-4-3-5-7-10;1-2-5-3-6(7)9-4-8-5;2*1-2;;;;/h7-12,15,19H,6,13-14H2,1-5H3,(H,27,33)(H2,25,26,28,29,30);7-11,16H,6,12-13,22H2,1-5H3,(H,23,28);5-9,14H,10-11H2,1-4H3,(H,20,25)(H3,19,21,22);3-7,11H,8H2,1-2H3;3-4H,2H2,1H3;2*2H,1H3;4*1H2/t19-;16-;14-;11-;;;;;;;/m1111......./s1. The first-order valence-electron chi connectivity index (χ1n) is 37.8. The van der Waals surface area contributed by atoms with Crippen molar-refractivity contribution in [1.82, 2.24) is 100 Å². The molecular weight excluding hydrogens is 1610 g/mol. The first kappa shape index (κ1) is 105. The highest BCUT2D eigenvalue weighted by molar-refractivity contribution is 7.59. The molecular formula is C82H125ClN24O8S4. The van der Waals surface area contributed by atoms with Gasteiger partial charge in [0, 0.05) is 74.5 Å². The van der Waals surface area contributed by atoms with E-state index in [0.29, 0.717) is 60.0 Å². The van der Waals surface area contributed by atoms with Crippen LogP contribution in [0.1, 0.15) is 154 Å². The number of aliphatic hydroxyl groups excluding tert-OH is 2. The molecule has 6 amide bonds. The minimum absolute atomic E-state index is 0. The van der Waals surface area contributed by atoms with Gasteiger partial charge in [-0.2, -0.15) is 74.3 Å². The van der Waals surface area contributed by atoms with Crippen molar-refractivity contribution in [2.24, 2.45) is 4.99 Å². The van der Waals surface area contributed by atoms with E-state index in [0.717, 1.165) is 101 Å². The Morgan fingerprint density at radius 3 is 1.29 bits per heavy atom. The fourth-order valence-corrected chi connectivity index (χ4v) is 13.4. The van der Waals surface area contributed by atoms with Crippen molar-refractivity contribution in [2.75, 3.05) is 120 Å². The number of aromatic amines is 2. The number of anilines is 4. The van der Waals surface area contributed by atoms with Crippen molar-refractivity contribution in [3.8, 4) is 0 Å². The molecule has 9 aromatic rings. The van der Waals surface area contributed by atoms with Gasteiger partial charge in [-0.1, -0.05) is 147 Å². The fourth-order valence-electron chi connectivity index (χ4n) is 13.2. The van der Waals surface area contributed by atoms with Crippen LogP contribution in [0.15, 0.2) is 151 Å². The maximum absolute atomic E-state index is 13.5. The number of hydrogen-bond donors (Lipinski definition) is 10. The molecule has 32 nitrogen and oxygen atoms in total. The highest BCUT2D eigenvalue weighted by Gasteiger charge is 2.48. The normalized spacial score (nSPS) is 14.0. The summed E-state index contributed by atoms with van der Waals surface area (Å²) < 4.78 is 6.08. The topological polar surface area (TPSA) is 397 Å². The molecule has 0 aliphatic carbocycles. The Balaban J connectivity index is 0.000000519. The largest absolute Gasteiger partial charge is 0.448 e. The van der Waals surface area contributed by atoms with Gasteiger partial charge in [0.15, 0.2) is 11.6 Å². The molecule has 3 aliphatic rings. The van der Waals surface area contributed by atoms with Crippen LogP contribution in [-0.4, -0.2) is 228 Å². The molecule has 5 aromatic heterocycles. The Kier molecular flexibility index (Phi) is 44.5. The van der Waals surface area contributed by atoms with Crippen molar-refractivity contribution < 1.29 is 38.9 Å². The fraction of sp³-hybridized carbons (Fsp3) is 0.439. The SMILES string of the molecule is CCOC(=O)n1nc2c(c1N)CN(C(=O)N[C@H](CN(C)C)c1ccccc1)C2(C)C.CCc1cc(Cl)ncn1.CCc1cc(Nc2n[nH]c3c2CN(C(=O)N[C@H](CN(C)C)c2ccccc2)C3(C)C)ncn1.CN(C)C[C@@H](N=C=O)c1ccccc1.CN(C)C[C@@H](NC(=O)N1Cc2c(N)n[nH]c2C1(C)C)c1ccccc1.CO.CO.S.S.S.S. The molecule has 0 spiro atoms. The summed E-state index contributed by atoms with van der Waals surface area (Å²) in [6.45, 7) is 21.9. The van der Waals surface area contributed by atoms with Crippen molar-refractivity contribution >= 4 is 119 Å². The number of rotatable bonds is 21. The highest BCUT2D eigenvalue weighted by Crippen LogP contribution is 2.44. The van der Waals surface area contributed by atoms with E-state index < -0.39 is 22.7 Å². The zero-order valence-electron chi connectivity index (χ0n) is 71.8. The Morgan fingerprint density at radius 2 is 0.916 bits per heavy atom. The Morgan fingerprint density at radius 1 is 0.538 bits per heavy atom. The third-order valence-electron chi connectivity index (χ3n) is 19.2. The number of nitrogens with two attached hydrogens (primary N) is 2. The number of nitrogen functional groups attached to an aromatic ring is 2. The minimum atomic E-state index is -0.732. The van der Waals surface area contributed by atoms with E-state index in [9.17, 15) is 24.0 Å². The van der Waals surface area contributed by atoms with Crippen molar-refractivity contribution in [2.45, 2.75) is 136 Å². The Bertz CT molecular complexity index is 4580. The van der Waals surface area contributed by atoms with E-state index >= 15 is 0 Å². The van der Waals surface area contributed by atoms with Crippen LogP contribution in [-0.2, 0) is 58.6 Å². The van der Waals surface area contributed by atoms with Gasteiger partial charge in [0.2, 0.25) is 6.08 Å². The number of nitrogens with zero attached hydrogens (tertiary/aromatic N) is 16. The summed E-state index contributed by atoms with van der Waals surface area (Å²) in [4.78, 5) is 95.7. The van der Waals surface area contributed by atoms with Gasteiger partial charge in [0.25, 0.3) is 0 Å². The van der Waals surface area contributed by atoms with Gasteiger partial charge in [0.1, 0.15) is 35.5 Å². The predicted octanol–water partition coefficient (Wildman–Crippen LogP) is 11.1. The first-order chi connectivity index (χ1) is 54.8. The second-order valence-corrected chi connectivity index (χ2v) is 30.0. The van der Waals surface area contributed by atoms with Crippen LogP contribution in [0.5, 0.6) is 0 Å². The third-order valence-corrected chi connectivity index (χ3v) is 19.4. The zero-order chi connectivity index (χ0) is 84.9. The number of carbonyl (C=O) groups excluding carboxylic acids is 5.